The summed E-state index contributed by atoms with van der Waals surface area (Å²) in [7, 11) is 0. The molecule has 2 N–H and O–H groups in total. The molecule has 0 spiro atoms. The number of anilines is 3. The van der Waals surface area contributed by atoms with Gasteiger partial charge in [-0.2, -0.15) is 9.97 Å². The van der Waals surface area contributed by atoms with Crippen molar-refractivity contribution in [2.24, 2.45) is 5.92 Å². The Morgan fingerprint density at radius 3 is 2.59 bits per heavy atom. The van der Waals surface area contributed by atoms with Crippen LogP contribution >= 0.6 is 12.2 Å². The highest BCUT2D eigenvalue weighted by atomic mass is 32.1. The lowest BCUT2D eigenvalue weighted by atomic mass is 10.0. The van der Waals surface area contributed by atoms with Gasteiger partial charge >= 0.3 is 0 Å². The Balaban J connectivity index is 1.51. The van der Waals surface area contributed by atoms with Gasteiger partial charge < -0.3 is 20.4 Å². The monoisotopic (exact) mass is 456 g/mol. The zero-order valence-corrected chi connectivity index (χ0v) is 19.8. The smallest absolute Gasteiger partial charge is 0.232 e. The molecule has 172 valence electrons. The standard InChI is InChI=1S/C24H33FN6S/c1-17-6-5-12-30(16-17)21-14-22(31-13-4-3-7-18(31)2)28-23(27-21)29-24(32)26-15-19-8-10-20(25)11-9-19/h8-11,14,17-18H,3-7,12-13,15-16H2,1-2H3,(H2,26,27,28,29,32)/t17-,18-/m1/s1. The van der Waals surface area contributed by atoms with Crippen LogP contribution in [0.25, 0.3) is 0 Å². The predicted octanol–water partition coefficient (Wildman–Crippen LogP) is 4.72. The minimum atomic E-state index is -0.244. The van der Waals surface area contributed by atoms with Crippen molar-refractivity contribution in [1.82, 2.24) is 15.3 Å². The number of nitrogens with zero attached hydrogens (tertiary/aromatic N) is 4. The van der Waals surface area contributed by atoms with Gasteiger partial charge in [-0.1, -0.05) is 19.1 Å². The number of piperidine rings is 2. The minimum absolute atomic E-state index is 0.244. The summed E-state index contributed by atoms with van der Waals surface area (Å²) < 4.78 is 13.1. The van der Waals surface area contributed by atoms with E-state index in [4.69, 9.17) is 22.2 Å². The van der Waals surface area contributed by atoms with Gasteiger partial charge in [0.05, 0.1) is 0 Å². The Bertz CT molecular complexity index is 921. The largest absolute Gasteiger partial charge is 0.358 e. The first-order valence-corrected chi connectivity index (χ1v) is 12.1. The average molecular weight is 457 g/mol. The van der Waals surface area contributed by atoms with Crippen LogP contribution in [-0.2, 0) is 6.54 Å². The minimum Gasteiger partial charge on any atom is -0.358 e. The van der Waals surface area contributed by atoms with Crippen LogP contribution in [0.4, 0.5) is 22.0 Å². The third-order valence-corrected chi connectivity index (χ3v) is 6.62. The highest BCUT2D eigenvalue weighted by Crippen LogP contribution is 2.29. The van der Waals surface area contributed by atoms with E-state index in [0.717, 1.165) is 36.8 Å². The molecule has 1 aromatic heterocycles. The van der Waals surface area contributed by atoms with E-state index in [0.29, 0.717) is 29.6 Å². The quantitative estimate of drug-likeness (QED) is 0.632. The topological polar surface area (TPSA) is 56.3 Å². The lowest BCUT2D eigenvalue weighted by Gasteiger charge is -2.36. The van der Waals surface area contributed by atoms with Gasteiger partial charge in [-0.3, -0.25) is 0 Å². The maximum absolute atomic E-state index is 13.1. The van der Waals surface area contributed by atoms with E-state index in [-0.39, 0.29) is 5.82 Å². The molecule has 1 aromatic carbocycles. The van der Waals surface area contributed by atoms with Crippen molar-refractivity contribution < 1.29 is 4.39 Å². The molecule has 3 heterocycles. The number of thiocarbonyl (C=S) groups is 1. The summed E-state index contributed by atoms with van der Waals surface area (Å²) in [4.78, 5) is 14.4. The van der Waals surface area contributed by atoms with E-state index < -0.39 is 0 Å². The Kier molecular flexibility index (Phi) is 7.40. The molecule has 8 heteroatoms. The van der Waals surface area contributed by atoms with Gasteiger partial charge in [0.25, 0.3) is 0 Å². The van der Waals surface area contributed by atoms with Crippen molar-refractivity contribution in [2.75, 3.05) is 34.8 Å². The molecule has 32 heavy (non-hydrogen) atoms. The van der Waals surface area contributed by atoms with Crippen LogP contribution in [-0.4, -0.2) is 40.8 Å². The third-order valence-electron chi connectivity index (χ3n) is 6.37. The van der Waals surface area contributed by atoms with Gasteiger partial charge in [0, 0.05) is 38.3 Å². The molecule has 2 fully saturated rings. The van der Waals surface area contributed by atoms with E-state index in [1.165, 1.54) is 44.2 Å². The van der Waals surface area contributed by atoms with Crippen LogP contribution in [0.1, 0.15) is 51.5 Å². The van der Waals surface area contributed by atoms with Gasteiger partial charge in [0.2, 0.25) is 5.95 Å². The van der Waals surface area contributed by atoms with Crippen LogP contribution in [0.15, 0.2) is 30.3 Å². The predicted molar refractivity (Wildman–Crippen MR) is 133 cm³/mol. The van der Waals surface area contributed by atoms with Crippen molar-refractivity contribution >= 4 is 34.9 Å². The number of benzene rings is 1. The van der Waals surface area contributed by atoms with Crippen LogP contribution in [0, 0.1) is 11.7 Å². The van der Waals surface area contributed by atoms with Crippen molar-refractivity contribution in [2.45, 2.75) is 58.5 Å². The lowest BCUT2D eigenvalue weighted by molar-refractivity contribution is 0.444. The maximum Gasteiger partial charge on any atom is 0.232 e. The molecule has 2 aliphatic rings. The van der Waals surface area contributed by atoms with Crippen LogP contribution in [0.3, 0.4) is 0 Å². The first-order chi connectivity index (χ1) is 15.5. The van der Waals surface area contributed by atoms with Gasteiger partial charge in [0.1, 0.15) is 17.5 Å². The molecule has 6 nitrogen and oxygen atoms in total. The molecule has 2 saturated heterocycles. The molecule has 2 aliphatic heterocycles. The Hall–Kier alpha value is -2.48. The fraction of sp³-hybridized carbons (Fsp3) is 0.542. The van der Waals surface area contributed by atoms with E-state index in [1.807, 2.05) is 0 Å². The molecular weight excluding hydrogens is 423 g/mol. The zero-order valence-electron chi connectivity index (χ0n) is 19.0. The third kappa shape index (κ3) is 5.85. The lowest BCUT2D eigenvalue weighted by Crippen LogP contribution is -2.39. The summed E-state index contributed by atoms with van der Waals surface area (Å²) >= 11 is 5.50. The molecule has 0 aliphatic carbocycles. The molecule has 2 aromatic rings. The fourth-order valence-corrected chi connectivity index (χ4v) is 4.72. The Morgan fingerprint density at radius 1 is 1.06 bits per heavy atom. The first kappa shape index (κ1) is 22.7. The molecule has 0 radical (unpaired) electrons. The van der Waals surface area contributed by atoms with E-state index >= 15 is 0 Å². The second-order valence-corrected chi connectivity index (χ2v) is 9.48. The average Bonchev–Trinajstić information content (AvgIpc) is 2.79. The Labute approximate surface area is 195 Å². The molecule has 0 amide bonds. The number of rotatable bonds is 5. The first-order valence-electron chi connectivity index (χ1n) is 11.7. The van der Waals surface area contributed by atoms with Crippen LogP contribution in [0.2, 0.25) is 0 Å². The maximum atomic E-state index is 13.1. The molecule has 0 unspecified atom stereocenters. The summed E-state index contributed by atoms with van der Waals surface area (Å²) in [5, 5.41) is 6.81. The van der Waals surface area contributed by atoms with E-state index in [1.54, 1.807) is 12.1 Å². The number of hydrogen-bond acceptors (Lipinski definition) is 5. The summed E-state index contributed by atoms with van der Waals surface area (Å²) in [6.45, 7) is 8.12. The van der Waals surface area contributed by atoms with Crippen molar-refractivity contribution in [3.8, 4) is 0 Å². The van der Waals surface area contributed by atoms with Crippen molar-refractivity contribution in [1.29, 1.82) is 0 Å². The van der Waals surface area contributed by atoms with Crippen LogP contribution in [0.5, 0.6) is 0 Å². The normalized spacial score (nSPS) is 21.3. The molecule has 4 rings (SSSR count). The fourth-order valence-electron chi connectivity index (χ4n) is 4.55. The summed E-state index contributed by atoms with van der Waals surface area (Å²) in [5.41, 5.74) is 0.954. The summed E-state index contributed by atoms with van der Waals surface area (Å²) in [6.07, 6.45) is 6.08. The second kappa shape index (κ2) is 10.4. The zero-order chi connectivity index (χ0) is 22.5. The van der Waals surface area contributed by atoms with Crippen LogP contribution < -0.4 is 20.4 Å². The summed E-state index contributed by atoms with van der Waals surface area (Å²) in [6, 6.07) is 8.99. The van der Waals surface area contributed by atoms with Gasteiger partial charge in [0.15, 0.2) is 5.11 Å². The SMILES string of the molecule is C[C@@H]1CCCN(c2cc(N3CCCC[C@H]3C)nc(NC(=S)NCc3ccc(F)cc3)n2)C1. The number of aromatic nitrogens is 2. The van der Waals surface area contributed by atoms with Crippen molar-refractivity contribution in [3.05, 3.63) is 41.7 Å². The van der Waals surface area contributed by atoms with E-state index in [9.17, 15) is 4.39 Å². The molecular formula is C24H33FN6S. The highest BCUT2D eigenvalue weighted by molar-refractivity contribution is 7.80. The summed E-state index contributed by atoms with van der Waals surface area (Å²) in [5.74, 6) is 2.86. The number of halogens is 1. The highest BCUT2D eigenvalue weighted by Gasteiger charge is 2.24. The second-order valence-electron chi connectivity index (χ2n) is 9.07. The van der Waals surface area contributed by atoms with Gasteiger partial charge in [-0.15, -0.1) is 0 Å². The van der Waals surface area contributed by atoms with Gasteiger partial charge in [-0.05, 0) is 74.9 Å². The Morgan fingerprint density at radius 2 is 1.84 bits per heavy atom. The molecule has 2 atom stereocenters. The van der Waals surface area contributed by atoms with E-state index in [2.05, 4.69) is 40.3 Å². The van der Waals surface area contributed by atoms with Crippen molar-refractivity contribution in [3.63, 3.8) is 0 Å². The van der Waals surface area contributed by atoms with Gasteiger partial charge in [-0.25, -0.2) is 4.39 Å². The molecule has 0 saturated carbocycles. The number of hydrogen-bond donors (Lipinski definition) is 2. The number of nitrogens with one attached hydrogen (secondary N) is 2. The molecule has 0 bridgehead atoms.